The third kappa shape index (κ3) is 5.31. The molecule has 0 radical (unpaired) electrons. The van der Waals surface area contributed by atoms with Gasteiger partial charge in [0.2, 0.25) is 5.91 Å². The van der Waals surface area contributed by atoms with Crippen molar-refractivity contribution in [2.24, 2.45) is 0 Å². The fourth-order valence-electron chi connectivity index (χ4n) is 5.41. The van der Waals surface area contributed by atoms with Crippen molar-refractivity contribution in [2.45, 2.75) is 64.1 Å². The van der Waals surface area contributed by atoms with E-state index in [9.17, 15) is 9.59 Å². The van der Waals surface area contributed by atoms with Crippen molar-refractivity contribution in [2.75, 3.05) is 18.4 Å². The lowest BCUT2D eigenvalue weighted by Crippen LogP contribution is -2.45. The molecule has 0 spiro atoms. The first-order valence-corrected chi connectivity index (χ1v) is 13.8. The molecule has 0 saturated carbocycles. The third-order valence-electron chi connectivity index (χ3n) is 7.41. The normalized spacial score (nSPS) is 19.3. The van der Waals surface area contributed by atoms with E-state index in [-0.39, 0.29) is 5.91 Å². The second kappa shape index (κ2) is 10.4. The van der Waals surface area contributed by atoms with Gasteiger partial charge in [-0.3, -0.25) is 9.69 Å². The molecular formula is C30H34N6O4. The quantitative estimate of drug-likeness (QED) is 0.298. The van der Waals surface area contributed by atoms with Crippen LogP contribution in [0.25, 0.3) is 33.4 Å². The van der Waals surface area contributed by atoms with Crippen molar-refractivity contribution in [1.29, 1.82) is 0 Å². The Kier molecular flexibility index (Phi) is 6.79. The van der Waals surface area contributed by atoms with Crippen LogP contribution in [0.1, 0.15) is 58.3 Å². The summed E-state index contributed by atoms with van der Waals surface area (Å²) in [6.45, 7) is 6.94. The number of likely N-dealkylation sites (tertiary alicyclic amines) is 1. The molecule has 2 aliphatic heterocycles. The standard InChI is InChI=1S/C30H34N6O4/c1-30(2,3)39-29(38)36-15-5-7-24(36)28(37)34-26-21-13-12-20(16-25(21)40-35-26)18-8-10-19(11-9-18)23-17-32-27(33-23)22-6-4-14-31-22/h8-13,16-17,22,24,31H,4-7,14-15H2,1-3H3,(H,32,33)(H,34,35,37)/t22-,24-/m0/s1. The number of carbonyl (C=O) groups excluding carboxylic acids is 2. The summed E-state index contributed by atoms with van der Waals surface area (Å²) in [7, 11) is 0. The van der Waals surface area contributed by atoms with Gasteiger partial charge in [-0.05, 0) is 81.8 Å². The molecule has 3 N–H and O–H groups in total. The van der Waals surface area contributed by atoms with Crippen molar-refractivity contribution in [3.05, 3.63) is 54.5 Å². The minimum Gasteiger partial charge on any atom is -0.444 e. The number of rotatable bonds is 5. The first-order valence-electron chi connectivity index (χ1n) is 13.8. The minimum absolute atomic E-state index is 0.302. The van der Waals surface area contributed by atoms with Crippen LogP contribution in [0.3, 0.4) is 0 Å². The highest BCUT2D eigenvalue weighted by atomic mass is 16.6. The summed E-state index contributed by atoms with van der Waals surface area (Å²) in [5.41, 5.74) is 4.00. The van der Waals surface area contributed by atoms with Crippen molar-refractivity contribution < 1.29 is 18.8 Å². The SMILES string of the molecule is CC(C)(C)OC(=O)N1CCC[C@H]1C(=O)Nc1noc2cc(-c3ccc(-c4cnc([C@@H]5CCCN5)[nH]4)cc3)ccc12. The fraction of sp³-hybridized carbons (Fsp3) is 0.400. The number of benzene rings is 2. The molecule has 0 unspecified atom stereocenters. The number of ether oxygens (including phenoxy) is 1. The van der Waals surface area contributed by atoms with E-state index >= 15 is 0 Å². The Bertz CT molecular complexity index is 1530. The molecule has 208 valence electrons. The molecule has 2 aromatic carbocycles. The van der Waals surface area contributed by atoms with Gasteiger partial charge in [0.05, 0.1) is 23.3 Å². The number of carbonyl (C=O) groups is 2. The molecule has 2 atom stereocenters. The summed E-state index contributed by atoms with van der Waals surface area (Å²) in [6, 6.07) is 13.7. The lowest BCUT2D eigenvalue weighted by Gasteiger charge is -2.27. The Morgan fingerprint density at radius 3 is 2.58 bits per heavy atom. The zero-order chi connectivity index (χ0) is 27.9. The molecule has 4 aromatic rings. The monoisotopic (exact) mass is 542 g/mol. The average molecular weight is 543 g/mol. The van der Waals surface area contributed by atoms with Crippen LogP contribution in [-0.2, 0) is 9.53 Å². The van der Waals surface area contributed by atoms with Gasteiger partial charge in [0.1, 0.15) is 17.5 Å². The van der Waals surface area contributed by atoms with Crippen molar-refractivity contribution in [3.8, 4) is 22.4 Å². The molecule has 10 heteroatoms. The maximum atomic E-state index is 13.1. The van der Waals surface area contributed by atoms with Gasteiger partial charge < -0.3 is 24.9 Å². The number of amides is 2. The summed E-state index contributed by atoms with van der Waals surface area (Å²) >= 11 is 0. The highest BCUT2D eigenvalue weighted by Crippen LogP contribution is 2.31. The summed E-state index contributed by atoms with van der Waals surface area (Å²) in [5.74, 6) is 1.02. The number of H-pyrrole nitrogens is 1. The lowest BCUT2D eigenvalue weighted by molar-refractivity contribution is -0.120. The van der Waals surface area contributed by atoms with E-state index in [1.165, 1.54) is 11.3 Å². The van der Waals surface area contributed by atoms with Gasteiger partial charge in [-0.15, -0.1) is 0 Å². The van der Waals surface area contributed by atoms with Gasteiger partial charge in [-0.2, -0.15) is 0 Å². The van der Waals surface area contributed by atoms with E-state index in [4.69, 9.17) is 9.26 Å². The number of aromatic amines is 1. The highest BCUT2D eigenvalue weighted by Gasteiger charge is 2.37. The maximum Gasteiger partial charge on any atom is 0.410 e. The second-order valence-electron chi connectivity index (χ2n) is 11.5. The van der Waals surface area contributed by atoms with Crippen LogP contribution in [0.15, 0.2) is 53.2 Å². The van der Waals surface area contributed by atoms with Gasteiger partial charge in [0.25, 0.3) is 0 Å². The second-order valence-corrected chi connectivity index (χ2v) is 11.5. The van der Waals surface area contributed by atoms with E-state index < -0.39 is 17.7 Å². The zero-order valence-corrected chi connectivity index (χ0v) is 23.0. The summed E-state index contributed by atoms with van der Waals surface area (Å²) in [6.07, 6.45) is 4.98. The molecule has 2 amide bonds. The zero-order valence-electron chi connectivity index (χ0n) is 23.0. The number of anilines is 1. The van der Waals surface area contributed by atoms with E-state index in [0.29, 0.717) is 35.8 Å². The van der Waals surface area contributed by atoms with E-state index in [1.54, 1.807) is 0 Å². The predicted octanol–water partition coefficient (Wildman–Crippen LogP) is 5.65. The van der Waals surface area contributed by atoms with E-state index in [1.807, 2.05) is 45.2 Å². The summed E-state index contributed by atoms with van der Waals surface area (Å²) < 4.78 is 11.1. The average Bonchev–Trinajstić information content (AvgIpc) is 3.74. The van der Waals surface area contributed by atoms with Gasteiger partial charge in [0.15, 0.2) is 11.4 Å². The molecule has 10 nitrogen and oxygen atoms in total. The smallest absolute Gasteiger partial charge is 0.410 e. The maximum absolute atomic E-state index is 13.1. The topological polar surface area (TPSA) is 125 Å². The Morgan fingerprint density at radius 1 is 1.05 bits per heavy atom. The van der Waals surface area contributed by atoms with E-state index in [2.05, 4.69) is 50.0 Å². The van der Waals surface area contributed by atoms with Crippen LogP contribution in [-0.4, -0.2) is 56.8 Å². The highest BCUT2D eigenvalue weighted by molar-refractivity contribution is 6.02. The molecular weight excluding hydrogens is 508 g/mol. The lowest BCUT2D eigenvalue weighted by atomic mass is 10.0. The van der Waals surface area contributed by atoms with Gasteiger partial charge in [0, 0.05) is 6.54 Å². The third-order valence-corrected chi connectivity index (χ3v) is 7.41. The molecule has 2 aromatic heterocycles. The fourth-order valence-corrected chi connectivity index (χ4v) is 5.41. The number of hydrogen-bond acceptors (Lipinski definition) is 7. The molecule has 0 aliphatic carbocycles. The summed E-state index contributed by atoms with van der Waals surface area (Å²) in [4.78, 5) is 35.2. The van der Waals surface area contributed by atoms with Crippen molar-refractivity contribution >= 4 is 28.8 Å². The van der Waals surface area contributed by atoms with Gasteiger partial charge in [-0.25, -0.2) is 9.78 Å². The van der Waals surface area contributed by atoms with Crippen LogP contribution in [0.5, 0.6) is 0 Å². The predicted molar refractivity (Wildman–Crippen MR) is 152 cm³/mol. The number of imidazole rings is 1. The number of nitrogens with zero attached hydrogens (tertiary/aromatic N) is 3. The van der Waals surface area contributed by atoms with Crippen LogP contribution in [0.2, 0.25) is 0 Å². The van der Waals surface area contributed by atoms with Crippen LogP contribution in [0.4, 0.5) is 10.6 Å². The largest absolute Gasteiger partial charge is 0.444 e. The van der Waals surface area contributed by atoms with Crippen LogP contribution >= 0.6 is 0 Å². The number of hydrogen-bond donors (Lipinski definition) is 3. The van der Waals surface area contributed by atoms with Gasteiger partial charge >= 0.3 is 6.09 Å². The Hall–Kier alpha value is -4.18. The number of nitrogens with one attached hydrogen (secondary N) is 3. The number of fused-ring (bicyclic) bond motifs is 1. The van der Waals surface area contributed by atoms with Gasteiger partial charge in [-0.1, -0.05) is 35.5 Å². The molecule has 2 aliphatic rings. The minimum atomic E-state index is -0.629. The molecule has 0 bridgehead atoms. The Morgan fingerprint density at radius 2 is 1.82 bits per heavy atom. The summed E-state index contributed by atoms with van der Waals surface area (Å²) in [5, 5.41) is 11.1. The Labute approximate surface area is 232 Å². The first-order chi connectivity index (χ1) is 19.2. The molecule has 40 heavy (non-hydrogen) atoms. The Balaban J connectivity index is 1.15. The molecule has 2 saturated heterocycles. The molecule has 6 rings (SSSR count). The van der Waals surface area contributed by atoms with Crippen LogP contribution < -0.4 is 10.6 Å². The molecule has 4 heterocycles. The number of aromatic nitrogens is 3. The van der Waals surface area contributed by atoms with Crippen molar-refractivity contribution in [3.63, 3.8) is 0 Å². The first kappa shape index (κ1) is 26.1. The van der Waals surface area contributed by atoms with E-state index in [0.717, 1.165) is 47.6 Å². The van der Waals surface area contributed by atoms with Crippen LogP contribution in [0, 0.1) is 0 Å². The molecule has 2 fully saturated rings. The van der Waals surface area contributed by atoms with Crippen molar-refractivity contribution in [1.82, 2.24) is 25.3 Å².